The second-order valence-corrected chi connectivity index (χ2v) is 6.84. The van der Waals surface area contributed by atoms with Crippen molar-refractivity contribution in [3.05, 3.63) is 23.8 Å². The minimum absolute atomic E-state index is 0.136. The predicted molar refractivity (Wildman–Crippen MR) is 86.2 cm³/mol. The van der Waals surface area contributed by atoms with Gasteiger partial charge in [-0.25, -0.2) is 0 Å². The summed E-state index contributed by atoms with van der Waals surface area (Å²) in [6, 6.07) is 5.69. The lowest BCUT2D eigenvalue weighted by Crippen LogP contribution is -2.50. The van der Waals surface area contributed by atoms with Gasteiger partial charge in [0.25, 0.3) is 0 Å². The van der Waals surface area contributed by atoms with Gasteiger partial charge in [0, 0.05) is 26.6 Å². The third-order valence-corrected chi connectivity index (χ3v) is 5.19. The Labute approximate surface area is 141 Å². The van der Waals surface area contributed by atoms with Crippen LogP contribution in [0.5, 0.6) is 11.5 Å². The topological polar surface area (TPSA) is 57.2 Å². The molecule has 0 N–H and O–H groups in total. The highest BCUT2D eigenvalue weighted by molar-refractivity contribution is 5.79. The molecule has 0 aliphatic carbocycles. The number of piperidine rings is 1. The smallest absolute Gasteiger partial charge is 0.231 e. The number of ether oxygens (including phenoxy) is 4. The van der Waals surface area contributed by atoms with Crippen LogP contribution in [0.1, 0.15) is 24.8 Å². The average Bonchev–Trinajstić information content (AvgIpc) is 3.21. The van der Waals surface area contributed by atoms with Crippen molar-refractivity contribution in [2.45, 2.75) is 37.4 Å². The van der Waals surface area contributed by atoms with Gasteiger partial charge < -0.3 is 23.8 Å². The van der Waals surface area contributed by atoms with Crippen LogP contribution in [0.4, 0.5) is 0 Å². The first kappa shape index (κ1) is 15.7. The van der Waals surface area contributed by atoms with E-state index in [1.165, 1.54) is 0 Å². The van der Waals surface area contributed by atoms with Crippen molar-refractivity contribution in [3.63, 3.8) is 0 Å². The summed E-state index contributed by atoms with van der Waals surface area (Å²) in [7, 11) is 1.72. The van der Waals surface area contributed by atoms with E-state index in [2.05, 4.69) is 0 Å². The first-order valence-electron chi connectivity index (χ1n) is 8.50. The lowest BCUT2D eigenvalue weighted by atomic mass is 9.89. The van der Waals surface area contributed by atoms with Crippen molar-refractivity contribution < 1.29 is 23.7 Å². The van der Waals surface area contributed by atoms with E-state index < -0.39 is 0 Å². The molecule has 4 rings (SSSR count). The van der Waals surface area contributed by atoms with Gasteiger partial charge in [0.05, 0.1) is 24.7 Å². The molecule has 6 heteroatoms. The number of nitrogens with zero attached hydrogens (tertiary/aromatic N) is 1. The van der Waals surface area contributed by atoms with Crippen molar-refractivity contribution in [2.75, 3.05) is 33.6 Å². The van der Waals surface area contributed by atoms with Crippen LogP contribution in [0.3, 0.4) is 0 Å². The molecule has 1 aromatic rings. The largest absolute Gasteiger partial charge is 0.454 e. The molecule has 1 amide bonds. The Morgan fingerprint density at radius 2 is 2.25 bits per heavy atom. The number of benzene rings is 1. The van der Waals surface area contributed by atoms with Gasteiger partial charge in [-0.1, -0.05) is 6.07 Å². The van der Waals surface area contributed by atoms with E-state index in [-0.39, 0.29) is 24.4 Å². The number of carbonyl (C=O) groups is 1. The first-order chi connectivity index (χ1) is 11.7. The van der Waals surface area contributed by atoms with E-state index in [1.807, 2.05) is 23.1 Å². The van der Waals surface area contributed by atoms with Gasteiger partial charge in [0.1, 0.15) is 0 Å². The summed E-state index contributed by atoms with van der Waals surface area (Å²) in [5, 5.41) is 0. The molecule has 0 saturated carbocycles. The molecule has 130 valence electrons. The molecule has 0 radical (unpaired) electrons. The van der Waals surface area contributed by atoms with Crippen LogP contribution in [-0.2, 0) is 20.7 Å². The highest BCUT2D eigenvalue weighted by Crippen LogP contribution is 2.36. The number of amides is 1. The Bertz CT molecular complexity index is 634. The lowest BCUT2D eigenvalue weighted by molar-refractivity contribution is -0.138. The number of fused-ring (bicyclic) bond motifs is 1. The second-order valence-electron chi connectivity index (χ2n) is 6.84. The Hall–Kier alpha value is -1.79. The van der Waals surface area contributed by atoms with Gasteiger partial charge in [-0.3, -0.25) is 4.79 Å². The Balaban J connectivity index is 1.41. The minimum Gasteiger partial charge on any atom is -0.454 e. The molecule has 3 aliphatic rings. The van der Waals surface area contributed by atoms with Gasteiger partial charge in [0.2, 0.25) is 12.7 Å². The molecule has 2 atom stereocenters. The van der Waals surface area contributed by atoms with Gasteiger partial charge in [0.15, 0.2) is 11.5 Å². The summed E-state index contributed by atoms with van der Waals surface area (Å²) in [5.74, 6) is 1.60. The molecule has 0 bridgehead atoms. The zero-order chi connectivity index (χ0) is 16.6. The van der Waals surface area contributed by atoms with E-state index in [1.54, 1.807) is 7.11 Å². The molecule has 6 nitrogen and oxygen atoms in total. The standard InChI is InChI=1S/C18H23NO5/c1-21-14-9-18(24-10-14)5-2-6-19(11-18)17(20)8-13-3-4-15-16(7-13)23-12-22-15/h3-4,7,14H,2,5-6,8-12H2,1H3/t14-,18+/m0/s1. The normalized spacial score (nSPS) is 28.5. The van der Waals surface area contributed by atoms with Crippen LogP contribution in [-0.4, -0.2) is 56.1 Å². The fourth-order valence-corrected chi connectivity index (χ4v) is 3.89. The minimum atomic E-state index is -0.219. The van der Waals surface area contributed by atoms with Crippen LogP contribution in [0.15, 0.2) is 18.2 Å². The van der Waals surface area contributed by atoms with Crippen LogP contribution >= 0.6 is 0 Å². The predicted octanol–water partition coefficient (Wildman–Crippen LogP) is 1.75. The number of rotatable bonds is 3. The first-order valence-corrected chi connectivity index (χ1v) is 8.50. The fourth-order valence-electron chi connectivity index (χ4n) is 3.89. The van der Waals surface area contributed by atoms with Crippen molar-refractivity contribution in [1.82, 2.24) is 4.90 Å². The number of methoxy groups -OCH3 is 1. The Kier molecular flexibility index (Phi) is 4.10. The van der Waals surface area contributed by atoms with Crippen LogP contribution in [0.2, 0.25) is 0 Å². The van der Waals surface area contributed by atoms with E-state index >= 15 is 0 Å². The molecule has 2 saturated heterocycles. The number of likely N-dealkylation sites (tertiary alicyclic amines) is 1. The van der Waals surface area contributed by atoms with Gasteiger partial charge >= 0.3 is 0 Å². The van der Waals surface area contributed by atoms with Crippen LogP contribution in [0.25, 0.3) is 0 Å². The van der Waals surface area contributed by atoms with Gasteiger partial charge in [-0.05, 0) is 30.5 Å². The van der Waals surface area contributed by atoms with Gasteiger partial charge in [-0.2, -0.15) is 0 Å². The monoisotopic (exact) mass is 333 g/mol. The summed E-state index contributed by atoms with van der Waals surface area (Å²) in [4.78, 5) is 14.7. The third kappa shape index (κ3) is 2.96. The van der Waals surface area contributed by atoms with Gasteiger partial charge in [-0.15, -0.1) is 0 Å². The van der Waals surface area contributed by atoms with Crippen LogP contribution in [0, 0.1) is 0 Å². The van der Waals surface area contributed by atoms with E-state index in [9.17, 15) is 4.79 Å². The van der Waals surface area contributed by atoms with Crippen molar-refractivity contribution in [1.29, 1.82) is 0 Å². The Morgan fingerprint density at radius 1 is 1.38 bits per heavy atom. The number of hydrogen-bond acceptors (Lipinski definition) is 5. The van der Waals surface area contributed by atoms with Crippen LogP contribution < -0.4 is 9.47 Å². The molecule has 3 heterocycles. The molecule has 3 aliphatic heterocycles. The van der Waals surface area contributed by atoms with Crippen molar-refractivity contribution >= 4 is 5.91 Å². The molecule has 0 aromatic heterocycles. The second kappa shape index (κ2) is 6.26. The average molecular weight is 333 g/mol. The van der Waals surface area contributed by atoms with E-state index in [0.717, 1.165) is 42.9 Å². The molecule has 0 unspecified atom stereocenters. The zero-order valence-corrected chi connectivity index (χ0v) is 14.0. The third-order valence-electron chi connectivity index (χ3n) is 5.19. The van der Waals surface area contributed by atoms with E-state index in [4.69, 9.17) is 18.9 Å². The summed E-state index contributed by atoms with van der Waals surface area (Å²) >= 11 is 0. The number of carbonyl (C=O) groups excluding carboxylic acids is 1. The maximum absolute atomic E-state index is 12.7. The maximum Gasteiger partial charge on any atom is 0.231 e. The van der Waals surface area contributed by atoms with E-state index in [0.29, 0.717) is 19.6 Å². The summed E-state index contributed by atoms with van der Waals surface area (Å²) in [6.07, 6.45) is 3.37. The highest BCUT2D eigenvalue weighted by atomic mass is 16.7. The lowest BCUT2D eigenvalue weighted by Gasteiger charge is -2.39. The molecular formula is C18H23NO5. The fraction of sp³-hybridized carbons (Fsp3) is 0.611. The highest BCUT2D eigenvalue weighted by Gasteiger charge is 2.44. The number of hydrogen-bond donors (Lipinski definition) is 0. The summed E-state index contributed by atoms with van der Waals surface area (Å²) in [5.41, 5.74) is 0.731. The summed E-state index contributed by atoms with van der Waals surface area (Å²) in [6.45, 7) is 2.34. The molecular weight excluding hydrogens is 310 g/mol. The molecule has 24 heavy (non-hydrogen) atoms. The van der Waals surface area contributed by atoms with Crippen molar-refractivity contribution in [2.24, 2.45) is 0 Å². The molecule has 1 spiro atoms. The SMILES string of the molecule is CO[C@@H]1CO[C@]2(CCCN(C(=O)Cc3ccc4c(c3)OCO4)C2)C1. The molecule has 2 fully saturated rings. The quantitative estimate of drug-likeness (QED) is 0.843. The van der Waals surface area contributed by atoms with Crippen molar-refractivity contribution in [3.8, 4) is 11.5 Å². The zero-order valence-electron chi connectivity index (χ0n) is 14.0. The maximum atomic E-state index is 12.7. The Morgan fingerprint density at radius 3 is 3.08 bits per heavy atom. The molecule has 1 aromatic carbocycles. The summed E-state index contributed by atoms with van der Waals surface area (Å²) < 4.78 is 22.1.